The number of aliphatic hydroxyl groups is 1. The number of ether oxygens (including phenoxy) is 3. The Morgan fingerprint density at radius 3 is 1.90 bits per heavy atom. The van der Waals surface area contributed by atoms with E-state index >= 15 is 0 Å². The van der Waals surface area contributed by atoms with Gasteiger partial charge in [0.1, 0.15) is 23.0 Å². The van der Waals surface area contributed by atoms with Crippen molar-refractivity contribution in [3.05, 3.63) is 47.5 Å². The van der Waals surface area contributed by atoms with E-state index in [1.165, 1.54) is 0 Å². The lowest BCUT2D eigenvalue weighted by atomic mass is 9.99. The van der Waals surface area contributed by atoms with E-state index in [1.807, 2.05) is 36.4 Å². The van der Waals surface area contributed by atoms with Gasteiger partial charge in [-0.2, -0.15) is 0 Å². The van der Waals surface area contributed by atoms with Gasteiger partial charge in [0.25, 0.3) is 0 Å². The van der Waals surface area contributed by atoms with Gasteiger partial charge in [-0.15, -0.1) is 0 Å². The summed E-state index contributed by atoms with van der Waals surface area (Å²) in [5.41, 5.74) is 1.64. The molecule has 6 heteroatoms. The summed E-state index contributed by atoms with van der Waals surface area (Å²) in [4.78, 5) is 0. The standard InChI is InChI=1S/C23H34O5Si/c1-23(2,3)29(7,8)28-22-14-18(26-5)13-21(27-6)19(22)15-20(24)16-9-11-17(25-4)12-10-16/h9-14,20,24H,15H2,1-8H3. The minimum Gasteiger partial charge on any atom is -0.543 e. The Hall–Kier alpha value is -2.18. The maximum Gasteiger partial charge on any atom is 0.250 e. The molecule has 0 spiro atoms. The number of methoxy groups -OCH3 is 3. The van der Waals surface area contributed by atoms with Crippen LogP contribution < -0.4 is 18.6 Å². The first-order valence-corrected chi connectivity index (χ1v) is 12.7. The highest BCUT2D eigenvalue weighted by molar-refractivity contribution is 6.74. The third-order valence-corrected chi connectivity index (χ3v) is 10.0. The third kappa shape index (κ3) is 5.45. The average Bonchev–Trinajstić information content (AvgIpc) is 2.67. The van der Waals surface area contributed by atoms with Gasteiger partial charge in [-0.25, -0.2) is 0 Å². The normalized spacial score (nSPS) is 13.0. The molecule has 0 bridgehead atoms. The molecule has 0 heterocycles. The summed E-state index contributed by atoms with van der Waals surface area (Å²) in [5, 5.41) is 10.9. The Labute approximate surface area is 175 Å². The number of rotatable bonds is 8. The maximum absolute atomic E-state index is 10.9. The van der Waals surface area contributed by atoms with Crippen LogP contribution in [0.15, 0.2) is 36.4 Å². The van der Waals surface area contributed by atoms with Crippen LogP contribution in [-0.4, -0.2) is 34.8 Å². The van der Waals surface area contributed by atoms with Gasteiger partial charge in [-0.3, -0.25) is 0 Å². The van der Waals surface area contributed by atoms with Crippen LogP contribution in [0.2, 0.25) is 18.1 Å². The summed E-state index contributed by atoms with van der Waals surface area (Å²) in [6, 6.07) is 11.1. The van der Waals surface area contributed by atoms with Gasteiger partial charge in [0.2, 0.25) is 8.32 Å². The topological polar surface area (TPSA) is 57.2 Å². The number of benzene rings is 2. The van der Waals surface area contributed by atoms with Crippen LogP contribution in [0.5, 0.6) is 23.0 Å². The lowest BCUT2D eigenvalue weighted by molar-refractivity contribution is 0.176. The highest BCUT2D eigenvalue weighted by atomic mass is 28.4. The monoisotopic (exact) mass is 418 g/mol. The second-order valence-corrected chi connectivity index (χ2v) is 13.4. The first-order valence-electron chi connectivity index (χ1n) is 9.78. The Kier molecular flexibility index (Phi) is 7.24. The van der Waals surface area contributed by atoms with Gasteiger partial charge in [-0.05, 0) is 35.8 Å². The SMILES string of the molecule is COc1ccc(C(O)Cc2c(OC)cc(OC)cc2O[Si](C)(C)C(C)(C)C)cc1. The summed E-state index contributed by atoms with van der Waals surface area (Å²) < 4.78 is 22.9. The molecule has 160 valence electrons. The van der Waals surface area contributed by atoms with Gasteiger partial charge in [-0.1, -0.05) is 32.9 Å². The lowest BCUT2D eigenvalue weighted by Crippen LogP contribution is -2.44. The summed E-state index contributed by atoms with van der Waals surface area (Å²) in [7, 11) is 2.76. The van der Waals surface area contributed by atoms with Crippen molar-refractivity contribution in [2.45, 2.75) is 51.4 Å². The fourth-order valence-corrected chi connectivity index (χ4v) is 3.79. The molecular weight excluding hydrogens is 384 g/mol. The van der Waals surface area contributed by atoms with Crippen molar-refractivity contribution in [3.63, 3.8) is 0 Å². The van der Waals surface area contributed by atoms with Crippen LogP contribution in [-0.2, 0) is 6.42 Å². The van der Waals surface area contributed by atoms with E-state index in [2.05, 4.69) is 33.9 Å². The molecule has 1 unspecified atom stereocenters. The highest BCUT2D eigenvalue weighted by Crippen LogP contribution is 2.42. The predicted molar refractivity (Wildman–Crippen MR) is 119 cm³/mol. The summed E-state index contributed by atoms with van der Waals surface area (Å²) in [6.45, 7) is 11.0. The van der Waals surface area contributed by atoms with E-state index in [0.29, 0.717) is 23.7 Å². The van der Waals surface area contributed by atoms with Crippen molar-refractivity contribution in [1.82, 2.24) is 0 Å². The van der Waals surface area contributed by atoms with Crippen molar-refractivity contribution in [3.8, 4) is 23.0 Å². The predicted octanol–water partition coefficient (Wildman–Crippen LogP) is 5.37. The first kappa shape index (κ1) is 23.1. The minimum absolute atomic E-state index is 0.0369. The average molecular weight is 419 g/mol. The van der Waals surface area contributed by atoms with Gasteiger partial charge < -0.3 is 23.7 Å². The summed E-state index contributed by atoms with van der Waals surface area (Å²) >= 11 is 0. The number of hydrogen-bond donors (Lipinski definition) is 1. The molecular formula is C23H34O5Si. The third-order valence-electron chi connectivity index (χ3n) is 5.67. The van der Waals surface area contributed by atoms with Crippen LogP contribution in [0, 0.1) is 0 Å². The number of hydrogen-bond acceptors (Lipinski definition) is 5. The van der Waals surface area contributed by atoms with Crippen molar-refractivity contribution < 1.29 is 23.7 Å². The van der Waals surface area contributed by atoms with E-state index in [-0.39, 0.29) is 5.04 Å². The van der Waals surface area contributed by atoms with Crippen molar-refractivity contribution in [1.29, 1.82) is 0 Å². The molecule has 0 amide bonds. The van der Waals surface area contributed by atoms with Gasteiger partial charge in [0.15, 0.2) is 0 Å². The Bertz CT molecular complexity index is 809. The van der Waals surface area contributed by atoms with Crippen molar-refractivity contribution in [2.24, 2.45) is 0 Å². The molecule has 29 heavy (non-hydrogen) atoms. The molecule has 2 rings (SSSR count). The van der Waals surface area contributed by atoms with Crippen LogP contribution in [0.3, 0.4) is 0 Å². The molecule has 1 N–H and O–H groups in total. The number of aliphatic hydroxyl groups excluding tert-OH is 1. The van der Waals surface area contributed by atoms with Crippen LogP contribution in [0.25, 0.3) is 0 Å². The fourth-order valence-electron chi connectivity index (χ4n) is 2.75. The van der Waals surface area contributed by atoms with Gasteiger partial charge >= 0.3 is 0 Å². The van der Waals surface area contributed by atoms with E-state index < -0.39 is 14.4 Å². The second-order valence-electron chi connectivity index (χ2n) is 8.66. The van der Waals surface area contributed by atoms with E-state index in [4.69, 9.17) is 18.6 Å². The fraction of sp³-hybridized carbons (Fsp3) is 0.478. The van der Waals surface area contributed by atoms with Gasteiger partial charge in [0, 0.05) is 24.1 Å². The smallest absolute Gasteiger partial charge is 0.250 e. The quantitative estimate of drug-likeness (QED) is 0.584. The molecule has 2 aromatic rings. The molecule has 1 atom stereocenters. The Balaban J connectivity index is 2.44. The van der Waals surface area contributed by atoms with Crippen LogP contribution in [0.1, 0.15) is 38.0 Å². The van der Waals surface area contributed by atoms with E-state index in [1.54, 1.807) is 21.3 Å². The zero-order valence-corrected chi connectivity index (χ0v) is 19.8. The molecule has 0 aliphatic rings. The molecule has 0 saturated heterocycles. The molecule has 5 nitrogen and oxygen atoms in total. The molecule has 0 fully saturated rings. The summed E-state index contributed by atoms with van der Waals surface area (Å²) in [6.07, 6.45) is -0.339. The Morgan fingerprint density at radius 1 is 0.862 bits per heavy atom. The zero-order chi connectivity index (χ0) is 21.8. The highest BCUT2D eigenvalue weighted by Gasteiger charge is 2.39. The second kappa shape index (κ2) is 9.09. The molecule has 0 aliphatic heterocycles. The van der Waals surface area contributed by atoms with E-state index in [0.717, 1.165) is 16.9 Å². The van der Waals surface area contributed by atoms with Gasteiger partial charge in [0.05, 0.1) is 27.4 Å². The van der Waals surface area contributed by atoms with Crippen molar-refractivity contribution >= 4 is 8.32 Å². The minimum atomic E-state index is -2.10. The molecule has 0 aromatic heterocycles. The molecule has 0 aliphatic carbocycles. The largest absolute Gasteiger partial charge is 0.543 e. The Morgan fingerprint density at radius 2 is 1.41 bits per heavy atom. The lowest BCUT2D eigenvalue weighted by Gasteiger charge is -2.37. The molecule has 2 aromatic carbocycles. The van der Waals surface area contributed by atoms with E-state index in [9.17, 15) is 5.11 Å². The maximum atomic E-state index is 10.9. The van der Waals surface area contributed by atoms with Crippen molar-refractivity contribution in [2.75, 3.05) is 21.3 Å². The zero-order valence-electron chi connectivity index (χ0n) is 18.8. The first-order chi connectivity index (χ1) is 13.5. The molecule has 0 radical (unpaired) electrons. The van der Waals surface area contributed by atoms with Crippen LogP contribution in [0.4, 0.5) is 0 Å². The van der Waals surface area contributed by atoms with Crippen LogP contribution >= 0.6 is 0 Å². The molecule has 0 saturated carbocycles. The summed E-state index contributed by atoms with van der Waals surface area (Å²) in [5.74, 6) is 2.77.